The number of para-hydroxylation sites is 2. The van der Waals surface area contributed by atoms with Gasteiger partial charge in [0.15, 0.2) is 4.77 Å². The van der Waals surface area contributed by atoms with Crippen LogP contribution in [0, 0.1) is 4.77 Å². The lowest BCUT2D eigenvalue weighted by molar-refractivity contribution is 0.412. The Kier molecular flexibility index (Phi) is 4.07. The Morgan fingerprint density at radius 2 is 1.76 bits per heavy atom. The van der Waals surface area contributed by atoms with Gasteiger partial charge in [-0.25, -0.2) is 0 Å². The fraction of sp³-hybridized carbons (Fsp3) is 0.100. The van der Waals surface area contributed by atoms with Crippen molar-refractivity contribution in [1.29, 1.82) is 0 Å². The van der Waals surface area contributed by atoms with E-state index >= 15 is 0 Å². The number of fused-ring (bicyclic) bond motifs is 1. The highest BCUT2D eigenvalue weighted by atomic mass is 32.1. The lowest BCUT2D eigenvalue weighted by Gasteiger charge is -2.12. The number of ether oxygens (including phenoxy) is 1. The molecule has 0 saturated heterocycles. The summed E-state index contributed by atoms with van der Waals surface area (Å²) < 4.78 is 7.99. The Hall–Kier alpha value is -2.92. The molecule has 1 heterocycles. The molecule has 124 valence electrons. The average molecular weight is 347 g/mol. The van der Waals surface area contributed by atoms with Crippen molar-refractivity contribution in [3.05, 3.63) is 82.9 Å². The van der Waals surface area contributed by atoms with Crippen molar-refractivity contribution in [2.45, 2.75) is 6.42 Å². The zero-order valence-electron chi connectivity index (χ0n) is 13.8. The van der Waals surface area contributed by atoms with E-state index in [2.05, 4.69) is 52.7 Å². The van der Waals surface area contributed by atoms with Crippen LogP contribution < -0.4 is 4.74 Å². The van der Waals surface area contributed by atoms with E-state index in [9.17, 15) is 0 Å². The molecule has 0 aliphatic rings. The molecule has 5 heteroatoms. The van der Waals surface area contributed by atoms with Crippen molar-refractivity contribution in [2.24, 2.45) is 0 Å². The molecule has 0 aliphatic carbocycles. The van der Waals surface area contributed by atoms with Gasteiger partial charge in [0.2, 0.25) is 0 Å². The van der Waals surface area contributed by atoms with Gasteiger partial charge in [-0.15, -0.1) is 0 Å². The van der Waals surface area contributed by atoms with Crippen molar-refractivity contribution in [1.82, 2.24) is 14.8 Å². The summed E-state index contributed by atoms with van der Waals surface area (Å²) in [5.74, 6) is 1.62. The molecule has 0 unspecified atom stereocenters. The van der Waals surface area contributed by atoms with Crippen molar-refractivity contribution in [3.63, 3.8) is 0 Å². The van der Waals surface area contributed by atoms with Gasteiger partial charge in [0.05, 0.1) is 12.8 Å². The van der Waals surface area contributed by atoms with Gasteiger partial charge in [-0.3, -0.25) is 9.67 Å². The van der Waals surface area contributed by atoms with Crippen LogP contribution in [0.1, 0.15) is 11.4 Å². The minimum Gasteiger partial charge on any atom is -0.495 e. The highest BCUT2D eigenvalue weighted by Crippen LogP contribution is 2.26. The van der Waals surface area contributed by atoms with Crippen LogP contribution in [-0.2, 0) is 6.42 Å². The smallest absolute Gasteiger partial charge is 0.200 e. The van der Waals surface area contributed by atoms with Crippen LogP contribution in [-0.4, -0.2) is 21.9 Å². The van der Waals surface area contributed by atoms with E-state index in [1.165, 1.54) is 16.3 Å². The summed E-state index contributed by atoms with van der Waals surface area (Å²) in [6.07, 6.45) is 0.673. The van der Waals surface area contributed by atoms with Gasteiger partial charge in [-0.1, -0.05) is 54.6 Å². The third kappa shape index (κ3) is 2.83. The summed E-state index contributed by atoms with van der Waals surface area (Å²) in [6.45, 7) is 0. The number of methoxy groups -OCH3 is 1. The van der Waals surface area contributed by atoms with E-state index in [-0.39, 0.29) is 0 Å². The van der Waals surface area contributed by atoms with Crippen molar-refractivity contribution in [3.8, 4) is 11.4 Å². The van der Waals surface area contributed by atoms with Gasteiger partial charge in [0, 0.05) is 6.42 Å². The molecule has 0 fully saturated rings. The molecule has 0 amide bonds. The molecule has 4 aromatic rings. The molecule has 3 aromatic carbocycles. The topological polar surface area (TPSA) is 42.8 Å². The minimum atomic E-state index is 0.555. The third-order valence-electron chi connectivity index (χ3n) is 4.30. The maximum atomic E-state index is 5.49. The van der Waals surface area contributed by atoms with Crippen LogP contribution >= 0.6 is 12.2 Å². The molecule has 25 heavy (non-hydrogen) atoms. The largest absolute Gasteiger partial charge is 0.495 e. The zero-order valence-corrected chi connectivity index (χ0v) is 14.6. The normalized spacial score (nSPS) is 10.9. The van der Waals surface area contributed by atoms with Crippen molar-refractivity contribution >= 4 is 23.0 Å². The molecular weight excluding hydrogens is 330 g/mol. The monoisotopic (exact) mass is 347 g/mol. The Balaban J connectivity index is 1.84. The molecule has 0 atom stereocenters. The maximum Gasteiger partial charge on any atom is 0.200 e. The number of nitrogens with one attached hydrogen (secondary N) is 1. The molecule has 4 nitrogen and oxygen atoms in total. The van der Waals surface area contributed by atoms with Gasteiger partial charge >= 0.3 is 0 Å². The molecule has 0 saturated carbocycles. The van der Waals surface area contributed by atoms with Crippen molar-refractivity contribution < 1.29 is 4.74 Å². The first-order valence-electron chi connectivity index (χ1n) is 8.04. The van der Waals surface area contributed by atoms with Gasteiger partial charge < -0.3 is 4.74 Å². The van der Waals surface area contributed by atoms with Gasteiger partial charge in [0.25, 0.3) is 0 Å². The van der Waals surface area contributed by atoms with Gasteiger partial charge in [-0.05, 0) is 40.7 Å². The number of H-pyrrole nitrogens is 1. The van der Waals surface area contributed by atoms with Crippen LogP contribution in [0.15, 0.2) is 66.7 Å². The Morgan fingerprint density at radius 3 is 2.64 bits per heavy atom. The number of aromatic nitrogens is 3. The lowest BCUT2D eigenvalue weighted by atomic mass is 10.0. The number of hydrogen-bond donors (Lipinski definition) is 1. The number of benzene rings is 3. The lowest BCUT2D eigenvalue weighted by Crippen LogP contribution is -2.04. The maximum absolute atomic E-state index is 5.49. The van der Waals surface area contributed by atoms with Crippen LogP contribution in [0.5, 0.6) is 5.75 Å². The summed E-state index contributed by atoms with van der Waals surface area (Å²) in [7, 11) is 1.66. The zero-order chi connectivity index (χ0) is 17.2. The van der Waals surface area contributed by atoms with Crippen LogP contribution in [0.2, 0.25) is 0 Å². The molecule has 0 spiro atoms. The Labute approximate surface area is 150 Å². The predicted molar refractivity (Wildman–Crippen MR) is 102 cm³/mol. The molecule has 0 bridgehead atoms. The Morgan fingerprint density at radius 1 is 1.00 bits per heavy atom. The second-order valence-corrected chi connectivity index (χ2v) is 6.15. The first-order valence-corrected chi connectivity index (χ1v) is 8.45. The van der Waals surface area contributed by atoms with Gasteiger partial charge in [-0.2, -0.15) is 5.10 Å². The second-order valence-electron chi connectivity index (χ2n) is 5.77. The summed E-state index contributed by atoms with van der Waals surface area (Å²) in [4.78, 5) is 0. The minimum absolute atomic E-state index is 0.555. The van der Waals surface area contributed by atoms with E-state index in [1.54, 1.807) is 7.11 Å². The van der Waals surface area contributed by atoms with E-state index in [0.717, 1.165) is 17.3 Å². The standard InChI is InChI=1S/C20H17N3OS/c1-24-18-12-5-4-11-17(18)23-19(21-22-20(23)25)13-15-9-6-8-14-7-2-3-10-16(14)15/h2-12H,13H2,1H3,(H,22,25). The van der Waals surface area contributed by atoms with E-state index in [1.807, 2.05) is 28.8 Å². The Bertz CT molecular complexity index is 1090. The first kappa shape index (κ1) is 15.6. The van der Waals surface area contributed by atoms with Crippen molar-refractivity contribution in [2.75, 3.05) is 7.11 Å². The summed E-state index contributed by atoms with van der Waals surface area (Å²) in [5.41, 5.74) is 2.10. The highest BCUT2D eigenvalue weighted by molar-refractivity contribution is 7.71. The molecule has 0 aliphatic heterocycles. The number of nitrogens with zero attached hydrogens (tertiary/aromatic N) is 2. The molecular formula is C20H17N3OS. The van der Waals surface area contributed by atoms with Gasteiger partial charge in [0.1, 0.15) is 11.6 Å². The second kappa shape index (κ2) is 6.53. The van der Waals surface area contributed by atoms with Crippen LogP contribution in [0.3, 0.4) is 0 Å². The average Bonchev–Trinajstić information content (AvgIpc) is 3.02. The fourth-order valence-electron chi connectivity index (χ4n) is 3.13. The summed E-state index contributed by atoms with van der Waals surface area (Å²) >= 11 is 5.46. The van der Waals surface area contributed by atoms with E-state index in [0.29, 0.717) is 11.2 Å². The number of rotatable bonds is 4. The van der Waals surface area contributed by atoms with Crippen LogP contribution in [0.25, 0.3) is 16.5 Å². The highest BCUT2D eigenvalue weighted by Gasteiger charge is 2.14. The summed E-state index contributed by atoms with van der Waals surface area (Å²) in [6, 6.07) is 22.5. The van der Waals surface area contributed by atoms with E-state index < -0.39 is 0 Å². The van der Waals surface area contributed by atoms with Crippen LogP contribution in [0.4, 0.5) is 0 Å². The molecule has 0 radical (unpaired) electrons. The molecule has 1 aromatic heterocycles. The fourth-order valence-corrected chi connectivity index (χ4v) is 3.38. The third-order valence-corrected chi connectivity index (χ3v) is 4.57. The predicted octanol–water partition coefficient (Wildman–Crippen LogP) is 4.68. The first-order chi connectivity index (χ1) is 12.3. The summed E-state index contributed by atoms with van der Waals surface area (Å²) in [5, 5.41) is 9.82. The molecule has 1 N–H and O–H groups in total. The van der Waals surface area contributed by atoms with E-state index in [4.69, 9.17) is 17.0 Å². The quantitative estimate of drug-likeness (QED) is 0.545. The molecule has 4 rings (SSSR count). The number of aromatic amines is 1. The SMILES string of the molecule is COc1ccccc1-n1c(Cc2cccc3ccccc23)n[nH]c1=S. The number of hydrogen-bond acceptors (Lipinski definition) is 3.